The summed E-state index contributed by atoms with van der Waals surface area (Å²) in [6, 6.07) is 2.14. The van der Waals surface area contributed by atoms with Crippen LogP contribution in [0.2, 0.25) is 0 Å². The van der Waals surface area contributed by atoms with Gasteiger partial charge in [0.05, 0.1) is 12.7 Å². The fraction of sp³-hybridized carbons (Fsp3) is 0.889. The zero-order chi connectivity index (χ0) is 9.68. The van der Waals surface area contributed by atoms with Crippen molar-refractivity contribution in [3.05, 3.63) is 0 Å². The van der Waals surface area contributed by atoms with Gasteiger partial charge in [0.25, 0.3) is 0 Å². The van der Waals surface area contributed by atoms with Crippen LogP contribution in [0.5, 0.6) is 0 Å². The van der Waals surface area contributed by atoms with Crippen molar-refractivity contribution in [3.8, 4) is 6.07 Å². The number of ether oxygens (including phenoxy) is 1. The highest BCUT2D eigenvalue weighted by molar-refractivity contribution is 4.89. The Bertz CT molecular complexity index is 188. The summed E-state index contributed by atoms with van der Waals surface area (Å²) in [7, 11) is 4.12. The van der Waals surface area contributed by atoms with Crippen LogP contribution in [-0.2, 0) is 4.74 Å². The molecule has 4 nitrogen and oxygen atoms in total. The molecule has 0 saturated carbocycles. The highest BCUT2D eigenvalue weighted by Gasteiger charge is 2.19. The van der Waals surface area contributed by atoms with E-state index in [-0.39, 0.29) is 6.10 Å². The van der Waals surface area contributed by atoms with Gasteiger partial charge in [-0.3, -0.25) is 4.90 Å². The molecule has 1 saturated heterocycles. The first-order valence-corrected chi connectivity index (χ1v) is 4.60. The first-order valence-electron chi connectivity index (χ1n) is 4.60. The van der Waals surface area contributed by atoms with Gasteiger partial charge in [-0.05, 0) is 14.1 Å². The highest BCUT2D eigenvalue weighted by Crippen LogP contribution is 2.03. The molecule has 0 radical (unpaired) electrons. The molecule has 74 valence electrons. The lowest BCUT2D eigenvalue weighted by atomic mass is 10.3. The summed E-state index contributed by atoms with van der Waals surface area (Å²) < 4.78 is 5.25. The minimum Gasteiger partial charge on any atom is -0.361 e. The van der Waals surface area contributed by atoms with Gasteiger partial charge < -0.3 is 9.64 Å². The molecule has 0 bridgehead atoms. The van der Waals surface area contributed by atoms with Crippen molar-refractivity contribution in [1.82, 2.24) is 9.80 Å². The molecule has 1 aliphatic heterocycles. The maximum absolute atomic E-state index is 8.67. The molecule has 0 aromatic heterocycles. The fourth-order valence-electron chi connectivity index (χ4n) is 1.33. The number of hydrogen-bond donors (Lipinski definition) is 0. The van der Waals surface area contributed by atoms with Gasteiger partial charge in [0.2, 0.25) is 0 Å². The summed E-state index contributed by atoms with van der Waals surface area (Å²) >= 11 is 0. The van der Waals surface area contributed by atoms with Crippen LogP contribution in [0.1, 0.15) is 0 Å². The van der Waals surface area contributed by atoms with Gasteiger partial charge in [-0.1, -0.05) is 0 Å². The van der Waals surface area contributed by atoms with Crippen molar-refractivity contribution in [1.29, 1.82) is 5.26 Å². The van der Waals surface area contributed by atoms with Crippen molar-refractivity contribution in [2.45, 2.75) is 6.10 Å². The maximum Gasteiger partial charge on any atom is 0.156 e. The van der Waals surface area contributed by atoms with Crippen molar-refractivity contribution < 1.29 is 4.74 Å². The van der Waals surface area contributed by atoms with E-state index in [1.54, 1.807) is 0 Å². The largest absolute Gasteiger partial charge is 0.361 e. The van der Waals surface area contributed by atoms with E-state index in [1.165, 1.54) is 0 Å². The third-order valence-electron chi connectivity index (χ3n) is 2.16. The summed E-state index contributed by atoms with van der Waals surface area (Å²) in [5, 5.41) is 8.67. The van der Waals surface area contributed by atoms with Crippen LogP contribution in [0.4, 0.5) is 0 Å². The molecular formula is C9H17N3O. The van der Waals surface area contributed by atoms with E-state index >= 15 is 0 Å². The minimum absolute atomic E-state index is 0.226. The van der Waals surface area contributed by atoms with E-state index < -0.39 is 0 Å². The molecule has 0 aliphatic carbocycles. The second kappa shape index (κ2) is 5.18. The zero-order valence-electron chi connectivity index (χ0n) is 8.36. The Morgan fingerprint density at radius 2 is 2.38 bits per heavy atom. The molecule has 0 aromatic carbocycles. The molecule has 0 amide bonds. The van der Waals surface area contributed by atoms with E-state index in [0.29, 0.717) is 6.61 Å². The molecule has 0 N–H and O–H groups in total. The maximum atomic E-state index is 8.67. The van der Waals surface area contributed by atoms with E-state index in [0.717, 1.165) is 26.2 Å². The van der Waals surface area contributed by atoms with E-state index in [4.69, 9.17) is 10.00 Å². The summed E-state index contributed by atoms with van der Waals surface area (Å²) in [6.07, 6.45) is -0.226. The summed E-state index contributed by atoms with van der Waals surface area (Å²) in [6.45, 7) is 4.45. The Morgan fingerprint density at radius 3 is 3.00 bits per heavy atom. The average molecular weight is 183 g/mol. The summed E-state index contributed by atoms with van der Waals surface area (Å²) in [4.78, 5) is 4.42. The molecule has 1 aliphatic rings. The Morgan fingerprint density at radius 1 is 1.62 bits per heavy atom. The Kier molecular flexibility index (Phi) is 4.16. The smallest absolute Gasteiger partial charge is 0.156 e. The number of likely N-dealkylation sites (N-methyl/N-ethyl adjacent to an activating group) is 1. The number of hydrogen-bond acceptors (Lipinski definition) is 4. The van der Waals surface area contributed by atoms with Gasteiger partial charge in [0.1, 0.15) is 0 Å². The van der Waals surface area contributed by atoms with Crippen molar-refractivity contribution in [2.24, 2.45) is 0 Å². The number of rotatable bonds is 3. The molecule has 0 spiro atoms. The fourth-order valence-corrected chi connectivity index (χ4v) is 1.33. The molecule has 1 heterocycles. The number of nitriles is 1. The first-order chi connectivity index (χ1) is 6.22. The van der Waals surface area contributed by atoms with Crippen LogP contribution >= 0.6 is 0 Å². The van der Waals surface area contributed by atoms with Crippen molar-refractivity contribution in [2.75, 3.05) is 46.9 Å². The predicted octanol–water partition coefficient (Wildman–Crippen LogP) is -0.228. The lowest BCUT2D eigenvalue weighted by molar-refractivity contribution is -0.00112. The lowest BCUT2D eigenvalue weighted by Crippen LogP contribution is -2.44. The second-order valence-corrected chi connectivity index (χ2v) is 3.59. The third-order valence-corrected chi connectivity index (χ3v) is 2.16. The third kappa shape index (κ3) is 3.73. The van der Waals surface area contributed by atoms with Gasteiger partial charge >= 0.3 is 0 Å². The van der Waals surface area contributed by atoms with Crippen LogP contribution in [0.15, 0.2) is 0 Å². The zero-order valence-corrected chi connectivity index (χ0v) is 8.36. The minimum atomic E-state index is -0.226. The van der Waals surface area contributed by atoms with E-state index in [2.05, 4.69) is 30.0 Å². The molecule has 1 unspecified atom stereocenters. The lowest BCUT2D eigenvalue weighted by Gasteiger charge is -2.30. The Balaban J connectivity index is 2.23. The van der Waals surface area contributed by atoms with Crippen molar-refractivity contribution >= 4 is 0 Å². The predicted molar refractivity (Wildman–Crippen MR) is 50.3 cm³/mol. The quantitative estimate of drug-likeness (QED) is 0.606. The van der Waals surface area contributed by atoms with E-state index in [1.807, 2.05) is 0 Å². The molecule has 4 heteroatoms. The Hall–Kier alpha value is -0.630. The summed E-state index contributed by atoms with van der Waals surface area (Å²) in [5.74, 6) is 0. The van der Waals surface area contributed by atoms with Crippen LogP contribution in [0.3, 0.4) is 0 Å². The van der Waals surface area contributed by atoms with Crippen LogP contribution in [0.25, 0.3) is 0 Å². The normalized spacial score (nSPS) is 24.6. The Labute approximate surface area is 79.7 Å². The molecule has 1 atom stereocenters. The monoisotopic (exact) mass is 183 g/mol. The standard InChI is InChI=1S/C9H17N3O/c1-11(2)3-4-12-5-6-13-9(7-10)8-12/h9H,3-6,8H2,1-2H3. The SMILES string of the molecule is CN(C)CCN1CCOC(C#N)C1. The van der Waals surface area contributed by atoms with E-state index in [9.17, 15) is 0 Å². The van der Waals surface area contributed by atoms with Crippen LogP contribution in [0, 0.1) is 11.3 Å². The number of morpholine rings is 1. The average Bonchev–Trinajstić information content (AvgIpc) is 2.15. The van der Waals surface area contributed by atoms with Crippen LogP contribution < -0.4 is 0 Å². The van der Waals surface area contributed by atoms with Gasteiger partial charge in [0.15, 0.2) is 6.10 Å². The van der Waals surface area contributed by atoms with Crippen molar-refractivity contribution in [3.63, 3.8) is 0 Å². The summed E-state index contributed by atoms with van der Waals surface area (Å²) in [5.41, 5.74) is 0. The molecule has 13 heavy (non-hydrogen) atoms. The molecule has 1 rings (SSSR count). The molecular weight excluding hydrogens is 166 g/mol. The van der Waals surface area contributed by atoms with Gasteiger partial charge in [0, 0.05) is 26.2 Å². The molecule has 1 fully saturated rings. The van der Waals surface area contributed by atoms with Gasteiger partial charge in [-0.25, -0.2) is 0 Å². The topological polar surface area (TPSA) is 39.5 Å². The number of nitrogens with zero attached hydrogens (tertiary/aromatic N) is 3. The second-order valence-electron chi connectivity index (χ2n) is 3.59. The highest BCUT2D eigenvalue weighted by atomic mass is 16.5. The first kappa shape index (κ1) is 10.5. The molecule has 0 aromatic rings. The van der Waals surface area contributed by atoms with Gasteiger partial charge in [-0.15, -0.1) is 0 Å². The van der Waals surface area contributed by atoms with Gasteiger partial charge in [-0.2, -0.15) is 5.26 Å². The van der Waals surface area contributed by atoms with Crippen LogP contribution in [-0.4, -0.2) is 62.8 Å².